The average molecular weight is 251 g/mol. The summed E-state index contributed by atoms with van der Waals surface area (Å²) in [5.74, 6) is 0. The van der Waals surface area contributed by atoms with Crippen LogP contribution in [0.5, 0.6) is 0 Å². The summed E-state index contributed by atoms with van der Waals surface area (Å²) in [6, 6.07) is 7.80. The Morgan fingerprint density at radius 1 is 1.29 bits per heavy atom. The van der Waals surface area contributed by atoms with Gasteiger partial charge in [-0.15, -0.1) is 0 Å². The standard InChI is InChI=1S/C12H15ClN4/c13-10-3-1-9(2-4-10)7-11-12(8-16-17-11)15-6-5-14/h1-4,8,15H,5-7,14H2,(H,16,17). The summed E-state index contributed by atoms with van der Waals surface area (Å²) < 4.78 is 0. The molecule has 0 radical (unpaired) electrons. The van der Waals surface area contributed by atoms with Crippen LogP contribution in [-0.4, -0.2) is 23.3 Å². The number of aromatic amines is 1. The number of benzene rings is 1. The number of H-pyrrole nitrogens is 1. The maximum atomic E-state index is 5.85. The van der Waals surface area contributed by atoms with Gasteiger partial charge in [0.25, 0.3) is 0 Å². The Bertz CT molecular complexity index is 464. The summed E-state index contributed by atoms with van der Waals surface area (Å²) in [5.41, 5.74) is 8.71. The number of hydrogen-bond acceptors (Lipinski definition) is 3. The third-order valence-corrected chi connectivity index (χ3v) is 2.72. The van der Waals surface area contributed by atoms with Crippen LogP contribution in [0.1, 0.15) is 11.3 Å². The number of aromatic nitrogens is 2. The van der Waals surface area contributed by atoms with Crippen molar-refractivity contribution in [2.24, 2.45) is 5.73 Å². The fourth-order valence-electron chi connectivity index (χ4n) is 1.61. The average Bonchev–Trinajstić information content (AvgIpc) is 2.77. The third kappa shape index (κ3) is 3.22. The van der Waals surface area contributed by atoms with Crippen LogP contribution in [0.2, 0.25) is 5.02 Å². The van der Waals surface area contributed by atoms with Crippen LogP contribution >= 0.6 is 11.6 Å². The summed E-state index contributed by atoms with van der Waals surface area (Å²) in [7, 11) is 0. The van der Waals surface area contributed by atoms with Crippen LogP contribution in [0.25, 0.3) is 0 Å². The van der Waals surface area contributed by atoms with Gasteiger partial charge >= 0.3 is 0 Å². The van der Waals surface area contributed by atoms with E-state index in [1.165, 1.54) is 5.56 Å². The SMILES string of the molecule is NCCNc1cn[nH]c1Cc1ccc(Cl)cc1. The van der Waals surface area contributed by atoms with Crippen molar-refractivity contribution >= 4 is 17.3 Å². The monoisotopic (exact) mass is 250 g/mol. The first kappa shape index (κ1) is 12.0. The van der Waals surface area contributed by atoms with Crippen molar-refractivity contribution in [1.29, 1.82) is 0 Å². The Morgan fingerprint density at radius 2 is 2.06 bits per heavy atom. The smallest absolute Gasteiger partial charge is 0.0760 e. The zero-order chi connectivity index (χ0) is 12.1. The molecule has 0 saturated heterocycles. The first-order valence-corrected chi connectivity index (χ1v) is 5.88. The second kappa shape index (κ2) is 5.70. The van der Waals surface area contributed by atoms with Crippen LogP contribution in [0.15, 0.2) is 30.5 Å². The minimum Gasteiger partial charge on any atom is -0.381 e. The fraction of sp³-hybridized carbons (Fsp3) is 0.250. The summed E-state index contributed by atoms with van der Waals surface area (Å²) in [5, 5.41) is 11.0. The molecule has 5 heteroatoms. The maximum Gasteiger partial charge on any atom is 0.0760 e. The molecule has 0 aliphatic carbocycles. The number of nitrogens with one attached hydrogen (secondary N) is 2. The summed E-state index contributed by atoms with van der Waals surface area (Å²) in [6.07, 6.45) is 2.57. The van der Waals surface area contributed by atoms with E-state index in [2.05, 4.69) is 15.5 Å². The lowest BCUT2D eigenvalue weighted by Crippen LogP contribution is -2.13. The highest BCUT2D eigenvalue weighted by atomic mass is 35.5. The van der Waals surface area contributed by atoms with Crippen molar-refractivity contribution in [2.75, 3.05) is 18.4 Å². The van der Waals surface area contributed by atoms with Crippen LogP contribution in [-0.2, 0) is 6.42 Å². The fourth-order valence-corrected chi connectivity index (χ4v) is 1.74. The van der Waals surface area contributed by atoms with Gasteiger partial charge in [0.2, 0.25) is 0 Å². The number of rotatable bonds is 5. The first-order chi connectivity index (χ1) is 8.29. The van der Waals surface area contributed by atoms with Crippen molar-refractivity contribution in [3.63, 3.8) is 0 Å². The molecule has 0 bridgehead atoms. The van der Waals surface area contributed by atoms with Crippen LogP contribution in [0, 0.1) is 0 Å². The predicted octanol–water partition coefficient (Wildman–Crippen LogP) is 2.02. The predicted molar refractivity (Wildman–Crippen MR) is 70.4 cm³/mol. The minimum absolute atomic E-state index is 0.603. The molecule has 0 aliphatic rings. The number of nitrogens with zero attached hydrogens (tertiary/aromatic N) is 1. The lowest BCUT2D eigenvalue weighted by atomic mass is 10.1. The Balaban J connectivity index is 2.07. The molecule has 17 heavy (non-hydrogen) atoms. The maximum absolute atomic E-state index is 5.85. The van der Waals surface area contributed by atoms with E-state index >= 15 is 0 Å². The number of anilines is 1. The molecule has 2 rings (SSSR count). The highest BCUT2D eigenvalue weighted by molar-refractivity contribution is 6.30. The Labute approximate surface area is 105 Å². The van der Waals surface area contributed by atoms with Crippen molar-refractivity contribution in [3.05, 3.63) is 46.7 Å². The lowest BCUT2D eigenvalue weighted by Gasteiger charge is -2.05. The van der Waals surface area contributed by atoms with Gasteiger partial charge in [-0.3, -0.25) is 5.10 Å². The quantitative estimate of drug-likeness (QED) is 0.761. The molecule has 1 heterocycles. The molecule has 0 fully saturated rings. The van der Waals surface area contributed by atoms with Gasteiger partial charge in [0.15, 0.2) is 0 Å². The summed E-state index contributed by atoms with van der Waals surface area (Å²) in [6.45, 7) is 1.35. The number of halogens is 1. The van der Waals surface area contributed by atoms with E-state index in [1.54, 1.807) is 6.20 Å². The van der Waals surface area contributed by atoms with Gasteiger partial charge in [0.05, 0.1) is 17.6 Å². The molecule has 0 unspecified atom stereocenters. The molecule has 4 N–H and O–H groups in total. The van der Waals surface area contributed by atoms with E-state index in [9.17, 15) is 0 Å². The van der Waals surface area contributed by atoms with Gasteiger partial charge in [0.1, 0.15) is 0 Å². The largest absolute Gasteiger partial charge is 0.381 e. The topological polar surface area (TPSA) is 66.7 Å². The number of nitrogens with two attached hydrogens (primary N) is 1. The zero-order valence-electron chi connectivity index (χ0n) is 9.41. The van der Waals surface area contributed by atoms with Crippen LogP contribution in [0.4, 0.5) is 5.69 Å². The Morgan fingerprint density at radius 3 is 2.76 bits per heavy atom. The molecule has 1 aromatic carbocycles. The summed E-state index contributed by atoms with van der Waals surface area (Å²) >= 11 is 5.85. The van der Waals surface area contributed by atoms with E-state index in [-0.39, 0.29) is 0 Å². The van der Waals surface area contributed by atoms with Crippen molar-refractivity contribution in [2.45, 2.75) is 6.42 Å². The highest BCUT2D eigenvalue weighted by Crippen LogP contribution is 2.17. The van der Waals surface area contributed by atoms with Crippen LogP contribution in [0.3, 0.4) is 0 Å². The zero-order valence-corrected chi connectivity index (χ0v) is 10.2. The molecule has 90 valence electrons. The van der Waals surface area contributed by atoms with Gasteiger partial charge in [-0.25, -0.2) is 0 Å². The van der Waals surface area contributed by atoms with E-state index in [1.807, 2.05) is 24.3 Å². The Hall–Kier alpha value is -1.52. The summed E-state index contributed by atoms with van der Waals surface area (Å²) in [4.78, 5) is 0. The van der Waals surface area contributed by atoms with Gasteiger partial charge in [0, 0.05) is 24.5 Å². The second-order valence-electron chi connectivity index (χ2n) is 3.78. The molecule has 0 amide bonds. The van der Waals surface area contributed by atoms with E-state index in [0.29, 0.717) is 6.54 Å². The van der Waals surface area contributed by atoms with E-state index in [0.717, 1.165) is 29.4 Å². The van der Waals surface area contributed by atoms with Crippen molar-refractivity contribution < 1.29 is 0 Å². The molecule has 0 spiro atoms. The first-order valence-electron chi connectivity index (χ1n) is 5.50. The molecule has 2 aromatic rings. The van der Waals surface area contributed by atoms with Crippen LogP contribution < -0.4 is 11.1 Å². The molecule has 0 atom stereocenters. The molecular formula is C12H15ClN4. The molecule has 1 aromatic heterocycles. The van der Waals surface area contributed by atoms with Crippen molar-refractivity contribution in [3.8, 4) is 0 Å². The second-order valence-corrected chi connectivity index (χ2v) is 4.22. The van der Waals surface area contributed by atoms with Crippen molar-refractivity contribution in [1.82, 2.24) is 10.2 Å². The lowest BCUT2D eigenvalue weighted by molar-refractivity contribution is 0.987. The van der Waals surface area contributed by atoms with Gasteiger partial charge in [-0.05, 0) is 17.7 Å². The van der Waals surface area contributed by atoms with E-state index in [4.69, 9.17) is 17.3 Å². The van der Waals surface area contributed by atoms with Gasteiger partial charge < -0.3 is 11.1 Å². The highest BCUT2D eigenvalue weighted by Gasteiger charge is 2.05. The third-order valence-electron chi connectivity index (χ3n) is 2.47. The Kier molecular flexibility index (Phi) is 4.01. The number of hydrogen-bond donors (Lipinski definition) is 3. The van der Waals surface area contributed by atoms with Gasteiger partial charge in [-0.1, -0.05) is 23.7 Å². The minimum atomic E-state index is 0.603. The van der Waals surface area contributed by atoms with E-state index < -0.39 is 0 Å². The molecule has 4 nitrogen and oxygen atoms in total. The normalized spacial score (nSPS) is 10.5. The van der Waals surface area contributed by atoms with Gasteiger partial charge in [-0.2, -0.15) is 5.10 Å². The molecule has 0 aliphatic heterocycles. The molecular weight excluding hydrogens is 236 g/mol. The molecule has 0 saturated carbocycles.